The number of hydrogen-bond donors (Lipinski definition) is 1. The van der Waals surface area contributed by atoms with Crippen LogP contribution in [0.3, 0.4) is 0 Å². The summed E-state index contributed by atoms with van der Waals surface area (Å²) in [7, 11) is -2.27. The van der Waals surface area contributed by atoms with E-state index in [0.717, 1.165) is 16.1 Å². The van der Waals surface area contributed by atoms with E-state index in [9.17, 15) is 13.2 Å². The summed E-state index contributed by atoms with van der Waals surface area (Å²) in [6.07, 6.45) is 1.04. The molecule has 1 atom stereocenters. The summed E-state index contributed by atoms with van der Waals surface area (Å²) in [6, 6.07) is 11.1. The van der Waals surface area contributed by atoms with E-state index >= 15 is 0 Å². The fraction of sp³-hybridized carbons (Fsp3) is 0.350. The first kappa shape index (κ1) is 22.8. The SMILES string of the molecule is COc1ccc(N([C@@H](C)C(=O)NCCOc2ccc(C)cc2)S(C)(=O)=O)cc1Cl. The number of halogens is 1. The van der Waals surface area contributed by atoms with Crippen molar-refractivity contribution in [3.8, 4) is 11.5 Å². The van der Waals surface area contributed by atoms with Crippen LogP contribution in [0.1, 0.15) is 12.5 Å². The van der Waals surface area contributed by atoms with Gasteiger partial charge in [0.25, 0.3) is 0 Å². The van der Waals surface area contributed by atoms with Crippen LogP contribution in [0.25, 0.3) is 0 Å². The number of nitrogens with one attached hydrogen (secondary N) is 1. The third-order valence-corrected chi connectivity index (χ3v) is 5.71. The van der Waals surface area contributed by atoms with Gasteiger partial charge in [-0.2, -0.15) is 0 Å². The molecule has 0 saturated heterocycles. The van der Waals surface area contributed by atoms with Crippen LogP contribution in [-0.2, 0) is 14.8 Å². The zero-order valence-corrected chi connectivity index (χ0v) is 18.4. The van der Waals surface area contributed by atoms with E-state index in [-0.39, 0.29) is 23.9 Å². The van der Waals surface area contributed by atoms with Gasteiger partial charge in [0.05, 0.1) is 30.6 Å². The lowest BCUT2D eigenvalue weighted by atomic mass is 10.2. The van der Waals surface area contributed by atoms with Crippen LogP contribution >= 0.6 is 11.6 Å². The van der Waals surface area contributed by atoms with E-state index in [4.69, 9.17) is 21.1 Å². The first-order valence-electron chi connectivity index (χ1n) is 8.93. The van der Waals surface area contributed by atoms with Crippen LogP contribution in [0, 0.1) is 6.92 Å². The highest BCUT2D eigenvalue weighted by atomic mass is 35.5. The van der Waals surface area contributed by atoms with Crippen molar-refractivity contribution >= 4 is 33.2 Å². The summed E-state index contributed by atoms with van der Waals surface area (Å²) in [5, 5.41) is 2.94. The van der Waals surface area contributed by atoms with E-state index in [0.29, 0.717) is 11.5 Å². The number of benzene rings is 2. The molecule has 0 fully saturated rings. The van der Waals surface area contributed by atoms with Gasteiger partial charge in [0.2, 0.25) is 15.9 Å². The molecule has 2 rings (SSSR count). The molecule has 0 aliphatic carbocycles. The van der Waals surface area contributed by atoms with E-state index in [2.05, 4.69) is 5.32 Å². The van der Waals surface area contributed by atoms with Gasteiger partial charge >= 0.3 is 0 Å². The van der Waals surface area contributed by atoms with Gasteiger partial charge in [-0.25, -0.2) is 8.42 Å². The molecule has 7 nitrogen and oxygen atoms in total. The second-order valence-electron chi connectivity index (χ2n) is 6.51. The number of rotatable bonds is 9. The molecule has 0 spiro atoms. The zero-order chi connectivity index (χ0) is 21.6. The number of aryl methyl sites for hydroxylation is 1. The van der Waals surface area contributed by atoms with Crippen molar-refractivity contribution < 1.29 is 22.7 Å². The maximum absolute atomic E-state index is 12.5. The zero-order valence-electron chi connectivity index (χ0n) is 16.8. The Morgan fingerprint density at radius 3 is 2.41 bits per heavy atom. The van der Waals surface area contributed by atoms with E-state index in [1.54, 1.807) is 6.07 Å². The molecular weight excluding hydrogens is 416 g/mol. The van der Waals surface area contributed by atoms with Crippen LogP contribution in [0.15, 0.2) is 42.5 Å². The smallest absolute Gasteiger partial charge is 0.243 e. The molecule has 2 aromatic carbocycles. The number of amides is 1. The van der Waals surface area contributed by atoms with Crippen LogP contribution in [0.2, 0.25) is 5.02 Å². The van der Waals surface area contributed by atoms with Crippen LogP contribution < -0.4 is 19.1 Å². The summed E-state index contributed by atoms with van der Waals surface area (Å²) in [6.45, 7) is 3.98. The second kappa shape index (κ2) is 9.84. The van der Waals surface area contributed by atoms with Crippen molar-refractivity contribution in [3.63, 3.8) is 0 Å². The predicted octanol–water partition coefficient (Wildman–Crippen LogP) is 3.01. The number of methoxy groups -OCH3 is 1. The molecule has 1 N–H and O–H groups in total. The van der Waals surface area contributed by atoms with Gasteiger partial charge in [0.1, 0.15) is 24.1 Å². The molecule has 29 heavy (non-hydrogen) atoms. The fourth-order valence-electron chi connectivity index (χ4n) is 2.73. The number of ether oxygens (including phenoxy) is 2. The molecule has 0 aliphatic heterocycles. The second-order valence-corrected chi connectivity index (χ2v) is 8.77. The Labute approximate surface area is 176 Å². The minimum Gasteiger partial charge on any atom is -0.495 e. The van der Waals surface area contributed by atoms with Gasteiger partial charge in [0, 0.05) is 0 Å². The minimum atomic E-state index is -3.73. The van der Waals surface area contributed by atoms with Crippen molar-refractivity contribution in [2.75, 3.05) is 30.8 Å². The molecule has 1 amide bonds. The summed E-state index contributed by atoms with van der Waals surface area (Å²) in [5.74, 6) is 0.660. The third kappa shape index (κ3) is 6.27. The molecule has 158 valence electrons. The number of nitrogens with zero attached hydrogens (tertiary/aromatic N) is 1. The summed E-state index contributed by atoms with van der Waals surface area (Å²) < 4.78 is 36.3. The third-order valence-electron chi connectivity index (χ3n) is 4.17. The molecule has 0 radical (unpaired) electrons. The van der Waals surface area contributed by atoms with Crippen molar-refractivity contribution in [1.29, 1.82) is 0 Å². The number of carbonyl (C=O) groups excluding carboxylic acids is 1. The highest BCUT2D eigenvalue weighted by molar-refractivity contribution is 7.92. The molecule has 0 saturated carbocycles. The first-order valence-corrected chi connectivity index (χ1v) is 11.2. The average molecular weight is 441 g/mol. The molecule has 0 heterocycles. The highest BCUT2D eigenvalue weighted by Gasteiger charge is 2.29. The number of sulfonamides is 1. The van der Waals surface area contributed by atoms with Crippen molar-refractivity contribution in [2.45, 2.75) is 19.9 Å². The molecule has 0 unspecified atom stereocenters. The fourth-order valence-corrected chi connectivity index (χ4v) is 4.15. The Kier molecular flexibility index (Phi) is 7.75. The van der Waals surface area contributed by atoms with E-state index < -0.39 is 22.0 Å². The van der Waals surface area contributed by atoms with Crippen LogP contribution in [0.5, 0.6) is 11.5 Å². The highest BCUT2D eigenvalue weighted by Crippen LogP contribution is 2.31. The Morgan fingerprint density at radius 1 is 1.21 bits per heavy atom. The largest absolute Gasteiger partial charge is 0.495 e. The predicted molar refractivity (Wildman–Crippen MR) is 114 cm³/mol. The summed E-state index contributed by atoms with van der Waals surface area (Å²) in [5.41, 5.74) is 1.40. The maximum Gasteiger partial charge on any atom is 0.243 e. The quantitative estimate of drug-likeness (QED) is 0.606. The lowest BCUT2D eigenvalue weighted by Crippen LogP contribution is -2.48. The van der Waals surface area contributed by atoms with Crippen molar-refractivity contribution in [2.24, 2.45) is 0 Å². The lowest BCUT2D eigenvalue weighted by molar-refractivity contribution is -0.121. The Balaban J connectivity index is 2.03. The number of anilines is 1. The summed E-state index contributed by atoms with van der Waals surface area (Å²) >= 11 is 6.11. The van der Waals surface area contributed by atoms with Crippen molar-refractivity contribution in [3.05, 3.63) is 53.1 Å². The average Bonchev–Trinajstić information content (AvgIpc) is 2.65. The molecule has 2 aromatic rings. The lowest BCUT2D eigenvalue weighted by Gasteiger charge is -2.28. The minimum absolute atomic E-state index is 0.234. The topological polar surface area (TPSA) is 84.9 Å². The number of hydrogen-bond acceptors (Lipinski definition) is 5. The van der Waals surface area contributed by atoms with Gasteiger partial charge < -0.3 is 14.8 Å². The monoisotopic (exact) mass is 440 g/mol. The van der Waals surface area contributed by atoms with Crippen LogP contribution in [-0.4, -0.2) is 46.9 Å². The van der Waals surface area contributed by atoms with E-state index in [1.165, 1.54) is 26.2 Å². The van der Waals surface area contributed by atoms with Gasteiger partial charge in [-0.15, -0.1) is 0 Å². The first-order chi connectivity index (χ1) is 13.6. The number of carbonyl (C=O) groups is 1. The molecule has 0 bridgehead atoms. The maximum atomic E-state index is 12.5. The molecule has 0 aliphatic rings. The standard InChI is InChI=1S/C20H25ClN2O5S/c1-14-5-8-17(9-6-14)28-12-11-22-20(24)15(2)23(29(4,25)26)16-7-10-19(27-3)18(21)13-16/h5-10,13,15H,11-12H2,1-4H3,(H,22,24)/t15-/m0/s1. The normalized spacial score (nSPS) is 12.2. The van der Waals surface area contributed by atoms with Gasteiger partial charge in [-0.05, 0) is 44.2 Å². The Morgan fingerprint density at radius 2 is 1.86 bits per heavy atom. The van der Waals surface area contributed by atoms with Gasteiger partial charge in [-0.3, -0.25) is 9.10 Å². The van der Waals surface area contributed by atoms with E-state index in [1.807, 2.05) is 31.2 Å². The molecular formula is C20H25ClN2O5S. The molecule has 0 aromatic heterocycles. The Hall–Kier alpha value is -2.45. The van der Waals surface area contributed by atoms with Gasteiger partial charge in [0.15, 0.2) is 0 Å². The van der Waals surface area contributed by atoms with Crippen LogP contribution in [0.4, 0.5) is 5.69 Å². The van der Waals surface area contributed by atoms with Gasteiger partial charge in [-0.1, -0.05) is 29.3 Å². The summed E-state index contributed by atoms with van der Waals surface area (Å²) in [4.78, 5) is 12.5. The molecule has 9 heteroatoms. The Bertz CT molecular complexity index is 948. The van der Waals surface area contributed by atoms with Crippen molar-refractivity contribution in [1.82, 2.24) is 5.32 Å².